The summed E-state index contributed by atoms with van der Waals surface area (Å²) >= 11 is 0. The third kappa shape index (κ3) is 5.02. The van der Waals surface area contributed by atoms with Gasteiger partial charge in [-0.2, -0.15) is 0 Å². The van der Waals surface area contributed by atoms with Gasteiger partial charge >= 0.3 is 0 Å². The number of hydrogen-bond donors (Lipinski definition) is 1. The topological polar surface area (TPSA) is 75.7 Å². The fourth-order valence-corrected chi connectivity index (χ4v) is 3.66. The summed E-state index contributed by atoms with van der Waals surface area (Å²) in [6, 6.07) is 6.61. The van der Waals surface area contributed by atoms with E-state index in [9.17, 15) is 13.2 Å². The zero-order valence-electron chi connectivity index (χ0n) is 13.8. The number of hydrogen-bond acceptors (Lipinski definition) is 4. The molecule has 0 aromatic heterocycles. The van der Waals surface area contributed by atoms with Crippen molar-refractivity contribution >= 4 is 15.9 Å². The molecule has 1 saturated heterocycles. The van der Waals surface area contributed by atoms with Crippen molar-refractivity contribution in [3.8, 4) is 0 Å². The molecule has 6 nitrogen and oxygen atoms in total. The molecule has 23 heavy (non-hydrogen) atoms. The van der Waals surface area contributed by atoms with Crippen molar-refractivity contribution in [2.24, 2.45) is 0 Å². The highest BCUT2D eigenvalue weighted by Gasteiger charge is 2.25. The molecule has 128 valence electrons. The van der Waals surface area contributed by atoms with Crippen molar-refractivity contribution in [2.75, 3.05) is 19.6 Å². The molecule has 1 aromatic rings. The minimum absolute atomic E-state index is 0.00644. The second-order valence-corrected chi connectivity index (χ2v) is 7.78. The first-order valence-corrected chi connectivity index (χ1v) is 9.26. The molecular weight excluding hydrogens is 316 g/mol. The summed E-state index contributed by atoms with van der Waals surface area (Å²) < 4.78 is 32.4. The van der Waals surface area contributed by atoms with E-state index < -0.39 is 10.0 Å². The van der Waals surface area contributed by atoms with Crippen LogP contribution in [0.1, 0.15) is 25.8 Å². The summed E-state index contributed by atoms with van der Waals surface area (Å²) in [4.78, 5) is 14.1. The van der Waals surface area contributed by atoms with Crippen molar-refractivity contribution in [2.45, 2.75) is 44.3 Å². The standard InChI is InChI=1S/C16H24N2O4S/c1-12-4-6-15(7-5-12)23(20,21)17-9-8-16(19)18-10-13(2)22-14(3)11-18/h4-7,13-14,17H,8-11H2,1-3H3. The maximum absolute atomic E-state index is 12.2. The molecular formula is C16H24N2O4S. The molecule has 0 bridgehead atoms. The average molecular weight is 340 g/mol. The molecule has 1 N–H and O–H groups in total. The third-order valence-corrected chi connectivity index (χ3v) is 5.21. The van der Waals surface area contributed by atoms with E-state index in [0.717, 1.165) is 5.56 Å². The summed E-state index contributed by atoms with van der Waals surface area (Å²) in [6.07, 6.45) is 0.156. The van der Waals surface area contributed by atoms with Gasteiger partial charge in [-0.25, -0.2) is 13.1 Å². The van der Waals surface area contributed by atoms with Gasteiger partial charge in [0.25, 0.3) is 0 Å². The van der Waals surface area contributed by atoms with Crippen LogP contribution in [0.5, 0.6) is 0 Å². The molecule has 0 radical (unpaired) electrons. The van der Waals surface area contributed by atoms with Gasteiger partial charge in [0.05, 0.1) is 17.1 Å². The smallest absolute Gasteiger partial charge is 0.240 e. The summed E-state index contributed by atoms with van der Waals surface area (Å²) in [5.41, 5.74) is 0.995. The first kappa shape index (κ1) is 17.9. The molecule has 0 saturated carbocycles. The molecule has 1 amide bonds. The maximum Gasteiger partial charge on any atom is 0.240 e. The number of rotatable bonds is 5. The Bertz CT molecular complexity index is 633. The van der Waals surface area contributed by atoms with Gasteiger partial charge < -0.3 is 9.64 Å². The van der Waals surface area contributed by atoms with Crippen molar-refractivity contribution in [1.82, 2.24) is 9.62 Å². The lowest BCUT2D eigenvalue weighted by Gasteiger charge is -2.35. The van der Waals surface area contributed by atoms with E-state index in [1.54, 1.807) is 29.2 Å². The second-order valence-electron chi connectivity index (χ2n) is 6.02. The molecule has 2 rings (SSSR count). The lowest BCUT2D eigenvalue weighted by atomic mass is 10.2. The number of amides is 1. The van der Waals surface area contributed by atoms with Crippen LogP contribution in [0.25, 0.3) is 0 Å². The molecule has 1 fully saturated rings. The number of aryl methyl sites for hydroxylation is 1. The molecule has 1 aliphatic rings. The number of morpholine rings is 1. The SMILES string of the molecule is Cc1ccc(S(=O)(=O)NCCC(=O)N2CC(C)OC(C)C2)cc1. The number of ether oxygens (including phenoxy) is 1. The Labute approximate surface area is 137 Å². The Morgan fingerprint density at radius 1 is 1.22 bits per heavy atom. The van der Waals surface area contributed by atoms with Gasteiger partial charge in [0.1, 0.15) is 0 Å². The van der Waals surface area contributed by atoms with Crippen LogP contribution < -0.4 is 4.72 Å². The maximum atomic E-state index is 12.2. The lowest BCUT2D eigenvalue weighted by molar-refractivity contribution is -0.143. The minimum atomic E-state index is -3.57. The zero-order valence-corrected chi connectivity index (χ0v) is 14.6. The molecule has 1 heterocycles. The van der Waals surface area contributed by atoms with Crippen LogP contribution >= 0.6 is 0 Å². The van der Waals surface area contributed by atoms with Crippen LogP contribution in [-0.4, -0.2) is 51.1 Å². The highest BCUT2D eigenvalue weighted by Crippen LogP contribution is 2.12. The van der Waals surface area contributed by atoms with Gasteiger partial charge in [-0.1, -0.05) is 17.7 Å². The van der Waals surface area contributed by atoms with Crippen LogP contribution in [-0.2, 0) is 19.6 Å². The number of carbonyl (C=O) groups is 1. The Morgan fingerprint density at radius 2 is 1.78 bits per heavy atom. The van der Waals surface area contributed by atoms with E-state index in [0.29, 0.717) is 13.1 Å². The Hall–Kier alpha value is -1.44. The quantitative estimate of drug-likeness (QED) is 0.877. The Morgan fingerprint density at radius 3 is 2.35 bits per heavy atom. The molecule has 0 aliphatic carbocycles. The fraction of sp³-hybridized carbons (Fsp3) is 0.562. The number of nitrogens with zero attached hydrogens (tertiary/aromatic N) is 1. The number of sulfonamides is 1. The molecule has 1 aliphatic heterocycles. The van der Waals surface area contributed by atoms with Gasteiger partial charge in [0.15, 0.2) is 0 Å². The molecule has 2 atom stereocenters. The van der Waals surface area contributed by atoms with Crippen molar-refractivity contribution < 1.29 is 17.9 Å². The predicted octanol–water partition coefficient (Wildman–Crippen LogP) is 1.30. The molecule has 2 unspecified atom stereocenters. The molecule has 0 spiro atoms. The largest absolute Gasteiger partial charge is 0.372 e. The van der Waals surface area contributed by atoms with Crippen LogP contribution in [0.4, 0.5) is 0 Å². The highest BCUT2D eigenvalue weighted by molar-refractivity contribution is 7.89. The Balaban J connectivity index is 1.86. The van der Waals surface area contributed by atoms with E-state index in [4.69, 9.17) is 4.74 Å². The first-order valence-electron chi connectivity index (χ1n) is 7.77. The van der Waals surface area contributed by atoms with E-state index >= 15 is 0 Å². The molecule has 1 aromatic carbocycles. The summed E-state index contributed by atoms with van der Waals surface area (Å²) in [7, 11) is -3.57. The van der Waals surface area contributed by atoms with Gasteiger partial charge in [-0.05, 0) is 32.9 Å². The van der Waals surface area contributed by atoms with Gasteiger partial charge in [0.2, 0.25) is 15.9 Å². The van der Waals surface area contributed by atoms with Crippen LogP contribution in [0.15, 0.2) is 29.2 Å². The fourth-order valence-electron chi connectivity index (χ4n) is 2.63. The van der Waals surface area contributed by atoms with E-state index in [-0.39, 0.29) is 36.0 Å². The van der Waals surface area contributed by atoms with Crippen molar-refractivity contribution in [3.63, 3.8) is 0 Å². The van der Waals surface area contributed by atoms with E-state index in [1.807, 2.05) is 20.8 Å². The first-order chi connectivity index (χ1) is 10.8. The van der Waals surface area contributed by atoms with Gasteiger partial charge in [-0.3, -0.25) is 4.79 Å². The lowest BCUT2D eigenvalue weighted by Crippen LogP contribution is -2.48. The minimum Gasteiger partial charge on any atom is -0.372 e. The summed E-state index contributed by atoms with van der Waals surface area (Å²) in [6.45, 7) is 6.94. The van der Waals surface area contributed by atoms with Crippen LogP contribution in [0, 0.1) is 6.92 Å². The second kappa shape index (κ2) is 7.42. The monoisotopic (exact) mass is 340 g/mol. The average Bonchev–Trinajstić information content (AvgIpc) is 2.46. The van der Waals surface area contributed by atoms with Crippen LogP contribution in [0.2, 0.25) is 0 Å². The van der Waals surface area contributed by atoms with Gasteiger partial charge in [0, 0.05) is 26.1 Å². The van der Waals surface area contributed by atoms with Crippen LogP contribution in [0.3, 0.4) is 0 Å². The Kier molecular flexibility index (Phi) is 5.78. The van der Waals surface area contributed by atoms with Crippen molar-refractivity contribution in [1.29, 1.82) is 0 Å². The van der Waals surface area contributed by atoms with E-state index in [2.05, 4.69) is 4.72 Å². The predicted molar refractivity (Wildman–Crippen MR) is 87.6 cm³/mol. The summed E-state index contributed by atoms with van der Waals surface area (Å²) in [5.74, 6) is -0.0568. The number of nitrogens with one attached hydrogen (secondary N) is 1. The van der Waals surface area contributed by atoms with Crippen molar-refractivity contribution in [3.05, 3.63) is 29.8 Å². The molecule has 7 heteroatoms. The van der Waals surface area contributed by atoms with Gasteiger partial charge in [-0.15, -0.1) is 0 Å². The normalized spacial score (nSPS) is 22.1. The summed E-state index contributed by atoms with van der Waals surface area (Å²) in [5, 5.41) is 0. The zero-order chi connectivity index (χ0) is 17.0. The number of benzene rings is 1. The third-order valence-electron chi connectivity index (χ3n) is 3.73. The number of carbonyl (C=O) groups excluding carboxylic acids is 1. The van der Waals surface area contributed by atoms with E-state index in [1.165, 1.54) is 0 Å². The highest BCUT2D eigenvalue weighted by atomic mass is 32.2.